The fourth-order valence-corrected chi connectivity index (χ4v) is 3.30. The second-order valence-electron chi connectivity index (χ2n) is 6.06. The molecule has 3 N–H and O–H groups in total. The molecule has 26 heavy (non-hydrogen) atoms. The molecule has 0 aromatic heterocycles. The predicted molar refractivity (Wildman–Crippen MR) is 108 cm³/mol. The normalized spacial score (nSPS) is 21.5. The first kappa shape index (κ1) is 20.8. The molecule has 0 spiro atoms. The summed E-state index contributed by atoms with van der Waals surface area (Å²) < 4.78 is 18.9. The second-order valence-corrected chi connectivity index (χ2v) is 7.37. The van der Waals surface area contributed by atoms with E-state index in [1.807, 2.05) is 0 Å². The van der Waals surface area contributed by atoms with Crippen LogP contribution in [0.1, 0.15) is 30.9 Å². The Morgan fingerprint density at radius 1 is 1.46 bits per heavy atom. The van der Waals surface area contributed by atoms with Gasteiger partial charge in [-0.1, -0.05) is 30.3 Å². The molecule has 1 aromatic rings. The Balaban J connectivity index is 1.96. The van der Waals surface area contributed by atoms with Crippen LogP contribution in [-0.4, -0.2) is 31.4 Å². The number of nitrogens with two attached hydrogens (primary N) is 1. The lowest BCUT2D eigenvalue weighted by molar-refractivity contribution is -0.0481. The molecule has 1 aromatic carbocycles. The zero-order valence-corrected chi connectivity index (χ0v) is 16.5. The standard InChI is InChI=1S/C19H25ClFN3OS/c1-13(11-21)24-19(10-18(20)22)23-12-15-4-3-5-17(25-15)14-6-8-16(26-2)9-7-14/h6-10,15,17H,1,3-5,11-12,22H2,2H3,(H,23,24)/b18-10-/t15-,17+/m1/s1. The Labute approximate surface area is 163 Å². The largest absolute Gasteiger partial charge is 0.389 e. The van der Waals surface area contributed by atoms with Crippen LogP contribution in [0.2, 0.25) is 0 Å². The van der Waals surface area contributed by atoms with Gasteiger partial charge < -0.3 is 15.8 Å². The van der Waals surface area contributed by atoms with Crippen LogP contribution in [0.4, 0.5) is 4.39 Å². The van der Waals surface area contributed by atoms with Crippen LogP contribution in [0.5, 0.6) is 0 Å². The number of aliphatic imine (C=N–C) groups is 1. The minimum Gasteiger partial charge on any atom is -0.389 e. The molecular formula is C19H25ClFN3OS. The Morgan fingerprint density at radius 2 is 2.19 bits per heavy atom. The van der Waals surface area contributed by atoms with Gasteiger partial charge in [-0.15, -0.1) is 11.8 Å². The van der Waals surface area contributed by atoms with E-state index in [0.717, 1.165) is 19.3 Å². The van der Waals surface area contributed by atoms with Crippen LogP contribution >= 0.6 is 23.4 Å². The first-order valence-electron chi connectivity index (χ1n) is 8.50. The maximum Gasteiger partial charge on any atom is 0.131 e. The summed E-state index contributed by atoms with van der Waals surface area (Å²) in [4.78, 5) is 5.29. The van der Waals surface area contributed by atoms with Crippen LogP contribution in [0, 0.1) is 0 Å². The van der Waals surface area contributed by atoms with E-state index in [1.165, 1.54) is 16.5 Å². The zero-order chi connectivity index (χ0) is 18.9. The third-order valence-corrected chi connectivity index (χ3v) is 4.91. The summed E-state index contributed by atoms with van der Waals surface area (Å²) in [5.41, 5.74) is 6.79. The van der Waals surface area contributed by atoms with Gasteiger partial charge in [-0.05, 0) is 43.2 Å². The summed E-state index contributed by atoms with van der Waals surface area (Å²) in [7, 11) is 0. The number of benzene rings is 1. The van der Waals surface area contributed by atoms with E-state index in [0.29, 0.717) is 12.4 Å². The highest BCUT2D eigenvalue weighted by atomic mass is 35.5. The van der Waals surface area contributed by atoms with Crippen molar-refractivity contribution in [2.24, 2.45) is 10.7 Å². The minimum atomic E-state index is -0.727. The molecule has 0 saturated carbocycles. The fraction of sp³-hybridized carbons (Fsp3) is 0.421. The number of alkyl halides is 1. The van der Waals surface area contributed by atoms with Gasteiger partial charge in [0, 0.05) is 17.5 Å². The summed E-state index contributed by atoms with van der Waals surface area (Å²) in [6.07, 6.45) is 6.66. The molecule has 2 rings (SSSR count). The van der Waals surface area contributed by atoms with E-state index >= 15 is 0 Å². The van der Waals surface area contributed by atoms with E-state index in [2.05, 4.69) is 47.4 Å². The summed E-state index contributed by atoms with van der Waals surface area (Å²) in [6, 6.07) is 8.49. The maximum atomic E-state index is 12.6. The third kappa shape index (κ3) is 6.67. The average molecular weight is 398 g/mol. The highest BCUT2D eigenvalue weighted by Crippen LogP contribution is 2.31. The number of nitrogens with one attached hydrogen (secondary N) is 1. The van der Waals surface area contributed by atoms with Crippen molar-refractivity contribution < 1.29 is 9.13 Å². The van der Waals surface area contributed by atoms with Crippen molar-refractivity contribution in [3.05, 3.63) is 53.3 Å². The Morgan fingerprint density at radius 3 is 2.81 bits per heavy atom. The SMILES string of the molecule is C=C(CF)/N=C(\C=C(/N)Cl)NC[C@H]1CCC[C@@H](c2ccc(SC)cc2)O1. The number of thioether (sulfide) groups is 1. The number of halogens is 2. The molecule has 142 valence electrons. The van der Waals surface area contributed by atoms with E-state index in [4.69, 9.17) is 22.1 Å². The lowest BCUT2D eigenvalue weighted by atomic mass is 9.98. The van der Waals surface area contributed by atoms with Crippen molar-refractivity contribution in [3.8, 4) is 0 Å². The average Bonchev–Trinajstić information content (AvgIpc) is 2.66. The molecule has 1 aliphatic heterocycles. The third-order valence-electron chi connectivity index (χ3n) is 4.05. The van der Waals surface area contributed by atoms with Crippen molar-refractivity contribution in [3.63, 3.8) is 0 Å². The summed E-state index contributed by atoms with van der Waals surface area (Å²) in [6.45, 7) is 3.35. The van der Waals surface area contributed by atoms with Crippen LogP contribution in [0.3, 0.4) is 0 Å². The van der Waals surface area contributed by atoms with Gasteiger partial charge >= 0.3 is 0 Å². The van der Waals surface area contributed by atoms with Gasteiger partial charge in [0.25, 0.3) is 0 Å². The second kappa shape index (κ2) is 10.6. The van der Waals surface area contributed by atoms with E-state index < -0.39 is 6.67 Å². The Bertz CT molecular complexity index is 659. The van der Waals surface area contributed by atoms with E-state index in [9.17, 15) is 4.39 Å². The van der Waals surface area contributed by atoms with Gasteiger partial charge in [0.15, 0.2) is 0 Å². The van der Waals surface area contributed by atoms with Crippen LogP contribution < -0.4 is 11.1 Å². The molecule has 1 fully saturated rings. The van der Waals surface area contributed by atoms with Crippen molar-refractivity contribution in [1.29, 1.82) is 0 Å². The highest BCUT2D eigenvalue weighted by Gasteiger charge is 2.23. The molecule has 0 aliphatic carbocycles. The fourth-order valence-electron chi connectivity index (χ4n) is 2.79. The number of allylic oxidation sites excluding steroid dienone is 1. The van der Waals surface area contributed by atoms with Gasteiger partial charge in [-0.25, -0.2) is 9.38 Å². The summed E-state index contributed by atoms with van der Waals surface area (Å²) in [5, 5.41) is 3.20. The molecule has 7 heteroatoms. The van der Waals surface area contributed by atoms with E-state index in [-0.39, 0.29) is 23.1 Å². The Kier molecular flexibility index (Phi) is 8.48. The lowest BCUT2D eigenvalue weighted by Crippen LogP contribution is -2.36. The molecule has 1 saturated heterocycles. The van der Waals surface area contributed by atoms with Crippen LogP contribution in [0.15, 0.2) is 57.7 Å². The number of hydrogen-bond acceptors (Lipinski definition) is 4. The van der Waals surface area contributed by atoms with E-state index in [1.54, 1.807) is 11.8 Å². The summed E-state index contributed by atoms with van der Waals surface area (Å²) in [5.74, 6) is 0.384. The molecule has 1 aliphatic rings. The number of hydrogen-bond donors (Lipinski definition) is 2. The number of nitrogens with zero attached hydrogens (tertiary/aromatic N) is 1. The van der Waals surface area contributed by atoms with Gasteiger partial charge in [-0.2, -0.15) is 0 Å². The van der Waals surface area contributed by atoms with Crippen molar-refractivity contribution in [1.82, 2.24) is 5.32 Å². The first-order chi connectivity index (χ1) is 12.5. The van der Waals surface area contributed by atoms with Gasteiger partial charge in [0.05, 0.1) is 17.9 Å². The highest BCUT2D eigenvalue weighted by molar-refractivity contribution is 7.98. The first-order valence-corrected chi connectivity index (χ1v) is 10.1. The number of rotatable bonds is 7. The zero-order valence-electron chi connectivity index (χ0n) is 14.9. The van der Waals surface area contributed by atoms with Crippen LogP contribution in [-0.2, 0) is 4.74 Å². The molecule has 0 amide bonds. The smallest absolute Gasteiger partial charge is 0.131 e. The quantitative estimate of drug-likeness (QED) is 0.307. The van der Waals surface area contributed by atoms with Crippen molar-refractivity contribution in [2.75, 3.05) is 19.5 Å². The van der Waals surface area contributed by atoms with Gasteiger partial charge in [0.1, 0.15) is 17.7 Å². The topological polar surface area (TPSA) is 59.6 Å². The molecule has 0 radical (unpaired) electrons. The summed E-state index contributed by atoms with van der Waals surface area (Å²) >= 11 is 7.43. The number of amidine groups is 1. The molecule has 4 nitrogen and oxygen atoms in total. The Hall–Kier alpha value is -1.50. The molecule has 2 atom stereocenters. The minimum absolute atomic E-state index is 0.0303. The van der Waals surface area contributed by atoms with Crippen molar-refractivity contribution >= 4 is 29.2 Å². The lowest BCUT2D eigenvalue weighted by Gasteiger charge is -2.31. The molecule has 0 bridgehead atoms. The molecular weight excluding hydrogens is 373 g/mol. The monoisotopic (exact) mass is 397 g/mol. The maximum absolute atomic E-state index is 12.6. The predicted octanol–water partition coefficient (Wildman–Crippen LogP) is 4.53. The molecule has 0 unspecified atom stereocenters. The van der Waals surface area contributed by atoms with Crippen molar-refractivity contribution in [2.45, 2.75) is 36.4 Å². The number of ether oxygens (including phenoxy) is 1. The van der Waals surface area contributed by atoms with Gasteiger partial charge in [0.2, 0.25) is 0 Å². The molecule has 1 heterocycles. The van der Waals surface area contributed by atoms with Gasteiger partial charge in [-0.3, -0.25) is 0 Å². The van der Waals surface area contributed by atoms with Crippen LogP contribution in [0.25, 0.3) is 0 Å².